The zero-order chi connectivity index (χ0) is 26.9. The summed E-state index contributed by atoms with van der Waals surface area (Å²) in [6.07, 6.45) is 5.93. The van der Waals surface area contributed by atoms with Crippen molar-refractivity contribution in [2.45, 2.75) is 31.3 Å². The fourth-order valence-corrected chi connectivity index (χ4v) is 4.64. The van der Waals surface area contributed by atoms with Gasteiger partial charge in [0.15, 0.2) is 15.7 Å². The fraction of sp³-hybridized carbons (Fsp3) is 0.320. The fourth-order valence-electron chi connectivity index (χ4n) is 3.95. The number of anilines is 4. The number of rotatable bonds is 7. The molecule has 1 aromatic carbocycles. The monoisotopic (exact) mass is 523 g/mol. The van der Waals surface area contributed by atoms with Crippen LogP contribution >= 0.6 is 0 Å². The molecule has 3 aromatic rings. The first kappa shape index (κ1) is 26.0. The van der Waals surface area contributed by atoms with Crippen molar-refractivity contribution in [3.8, 4) is 0 Å². The van der Waals surface area contributed by atoms with Crippen LogP contribution in [0.5, 0.6) is 0 Å². The largest absolute Gasteiger partial charge is 0.343 e. The molecule has 3 heterocycles. The number of carbonyl (C=O) groups excluding carboxylic acids is 2. The summed E-state index contributed by atoms with van der Waals surface area (Å²) in [6, 6.07) is 8.01. The summed E-state index contributed by atoms with van der Waals surface area (Å²) in [7, 11) is -0.300. The molecule has 4 rings (SSSR count). The molecule has 12 heteroatoms. The molecule has 0 saturated heterocycles. The number of pyridine rings is 1. The zero-order valence-electron chi connectivity index (χ0n) is 21.3. The van der Waals surface area contributed by atoms with Crippen LogP contribution in [0.1, 0.15) is 29.8 Å². The van der Waals surface area contributed by atoms with E-state index in [9.17, 15) is 18.0 Å². The van der Waals surface area contributed by atoms with E-state index in [0.29, 0.717) is 23.7 Å². The molecule has 1 aliphatic rings. The lowest BCUT2D eigenvalue weighted by Gasteiger charge is -2.36. The van der Waals surface area contributed by atoms with Gasteiger partial charge in [-0.1, -0.05) is 0 Å². The van der Waals surface area contributed by atoms with Crippen LogP contribution in [0.4, 0.5) is 23.1 Å². The molecule has 2 aromatic heterocycles. The van der Waals surface area contributed by atoms with Crippen molar-refractivity contribution in [1.82, 2.24) is 19.9 Å². The van der Waals surface area contributed by atoms with Gasteiger partial charge in [-0.3, -0.25) is 14.6 Å². The number of likely N-dealkylation sites (N-methyl/N-ethyl adjacent to an activating group) is 1. The second-order valence-electron chi connectivity index (χ2n) is 9.24. The Kier molecular flexibility index (Phi) is 7.12. The number of aromatic nitrogens is 3. The average molecular weight is 524 g/mol. The lowest BCUT2D eigenvalue weighted by Crippen LogP contribution is -2.47. The van der Waals surface area contributed by atoms with Gasteiger partial charge >= 0.3 is 0 Å². The third-order valence-electron chi connectivity index (χ3n) is 6.04. The third kappa shape index (κ3) is 5.69. The van der Waals surface area contributed by atoms with E-state index in [2.05, 4.69) is 20.3 Å². The predicted octanol–water partition coefficient (Wildman–Crippen LogP) is 2.48. The van der Waals surface area contributed by atoms with Crippen LogP contribution in [-0.2, 0) is 21.2 Å². The first-order valence-corrected chi connectivity index (χ1v) is 13.5. The summed E-state index contributed by atoms with van der Waals surface area (Å²) < 4.78 is 24.8. The minimum atomic E-state index is -3.62. The van der Waals surface area contributed by atoms with Crippen molar-refractivity contribution in [1.29, 1.82) is 0 Å². The molecule has 0 atom stereocenters. The van der Waals surface area contributed by atoms with Crippen LogP contribution in [-0.4, -0.2) is 73.0 Å². The van der Waals surface area contributed by atoms with Crippen molar-refractivity contribution in [3.63, 3.8) is 0 Å². The van der Waals surface area contributed by atoms with Crippen LogP contribution in [0.15, 0.2) is 53.8 Å². The minimum Gasteiger partial charge on any atom is -0.343 e. The summed E-state index contributed by atoms with van der Waals surface area (Å²) in [5.41, 5.74) is 2.02. The van der Waals surface area contributed by atoms with E-state index in [4.69, 9.17) is 0 Å². The zero-order valence-corrected chi connectivity index (χ0v) is 22.2. The summed E-state index contributed by atoms with van der Waals surface area (Å²) in [5, 5.41) is 3.04. The van der Waals surface area contributed by atoms with Gasteiger partial charge in [-0.2, -0.15) is 4.98 Å². The van der Waals surface area contributed by atoms with Crippen molar-refractivity contribution in [2.75, 3.05) is 42.0 Å². The highest BCUT2D eigenvalue weighted by Gasteiger charge is 2.30. The number of nitrogens with one attached hydrogen (secondary N) is 1. The van der Waals surface area contributed by atoms with Gasteiger partial charge in [0.05, 0.1) is 17.6 Å². The minimum absolute atomic E-state index is 0.00902. The molecule has 0 spiro atoms. The average Bonchev–Trinajstić information content (AvgIpc) is 2.85. The highest BCUT2D eigenvalue weighted by molar-refractivity contribution is 7.90. The molecule has 0 unspecified atom stereocenters. The third-order valence-corrected chi connectivity index (χ3v) is 7.13. The Hall–Kier alpha value is -4.06. The van der Waals surface area contributed by atoms with E-state index in [1.165, 1.54) is 21.9 Å². The highest BCUT2D eigenvalue weighted by Crippen LogP contribution is 2.33. The second kappa shape index (κ2) is 10.1. The Balaban J connectivity index is 1.68. The number of carbonyl (C=O) groups is 2. The van der Waals surface area contributed by atoms with Gasteiger partial charge in [-0.15, -0.1) is 0 Å². The van der Waals surface area contributed by atoms with Crippen molar-refractivity contribution < 1.29 is 18.0 Å². The molecular formula is C25H29N7O4S. The molecule has 194 valence electrons. The Morgan fingerprint density at radius 1 is 1.19 bits per heavy atom. The number of fused-ring (bicyclic) bond motifs is 1. The van der Waals surface area contributed by atoms with Crippen LogP contribution in [0, 0.1) is 0 Å². The number of amides is 2. The molecule has 0 fully saturated rings. The Morgan fingerprint density at radius 2 is 1.89 bits per heavy atom. The second-order valence-corrected chi connectivity index (χ2v) is 11.3. The number of hydrogen-bond acceptors (Lipinski definition) is 9. The molecule has 11 nitrogen and oxygen atoms in total. The molecule has 1 aliphatic heterocycles. The number of hydrogen-bond donors (Lipinski definition) is 1. The summed E-state index contributed by atoms with van der Waals surface area (Å²) in [5.74, 6) is 0.386. The number of benzene rings is 1. The first-order valence-electron chi connectivity index (χ1n) is 11.6. The van der Waals surface area contributed by atoms with Crippen LogP contribution in [0.25, 0.3) is 0 Å². The van der Waals surface area contributed by atoms with E-state index in [0.717, 1.165) is 11.8 Å². The molecule has 1 N–H and O–H groups in total. The lowest BCUT2D eigenvalue weighted by atomic mass is 10.1. The van der Waals surface area contributed by atoms with Crippen molar-refractivity contribution >= 4 is 44.8 Å². The SMILES string of the molecule is CC(C)N1CC(=O)N(C)c2cnc(Nc3cc(C(=O)N(C)Cc4ccncc4)cc(S(C)(=O)=O)c3)nc21. The van der Waals surface area contributed by atoms with Crippen molar-refractivity contribution in [3.05, 3.63) is 60.0 Å². The Labute approximate surface area is 216 Å². The summed E-state index contributed by atoms with van der Waals surface area (Å²) in [6.45, 7) is 4.45. The summed E-state index contributed by atoms with van der Waals surface area (Å²) >= 11 is 0. The van der Waals surface area contributed by atoms with E-state index in [-0.39, 0.29) is 40.8 Å². The van der Waals surface area contributed by atoms with E-state index >= 15 is 0 Å². The van der Waals surface area contributed by atoms with E-state index in [1.54, 1.807) is 38.8 Å². The molecular weight excluding hydrogens is 494 g/mol. The van der Waals surface area contributed by atoms with Gasteiger partial charge < -0.3 is 20.0 Å². The molecule has 0 radical (unpaired) electrons. The normalized spacial score (nSPS) is 13.5. The molecule has 0 aliphatic carbocycles. The molecule has 0 saturated carbocycles. The quantitative estimate of drug-likeness (QED) is 0.496. The number of nitrogens with zero attached hydrogens (tertiary/aromatic N) is 6. The lowest BCUT2D eigenvalue weighted by molar-refractivity contribution is -0.117. The molecule has 0 bridgehead atoms. The van der Waals surface area contributed by atoms with Crippen molar-refractivity contribution in [2.24, 2.45) is 0 Å². The first-order chi connectivity index (χ1) is 17.4. The van der Waals surface area contributed by atoms with Crippen LogP contribution < -0.4 is 15.1 Å². The maximum Gasteiger partial charge on any atom is 0.254 e. The predicted molar refractivity (Wildman–Crippen MR) is 141 cm³/mol. The van der Waals surface area contributed by atoms with Gasteiger partial charge in [-0.25, -0.2) is 13.4 Å². The van der Waals surface area contributed by atoms with Gasteiger partial charge in [0.25, 0.3) is 5.91 Å². The molecule has 37 heavy (non-hydrogen) atoms. The van der Waals surface area contributed by atoms with Crippen LogP contribution in [0.2, 0.25) is 0 Å². The topological polar surface area (TPSA) is 129 Å². The summed E-state index contributed by atoms with van der Waals surface area (Å²) in [4.78, 5) is 43.4. The molecule has 2 amide bonds. The van der Waals surface area contributed by atoms with E-state index in [1.807, 2.05) is 30.9 Å². The van der Waals surface area contributed by atoms with Gasteiger partial charge in [-0.05, 0) is 49.7 Å². The Morgan fingerprint density at radius 3 is 2.54 bits per heavy atom. The van der Waals surface area contributed by atoms with Gasteiger partial charge in [0.2, 0.25) is 11.9 Å². The standard InChI is InChI=1S/C25H29N7O4S/c1-16(2)32-15-22(33)31(4)21-13-27-25(29-23(21)32)28-19-10-18(11-20(12-19)37(5,35)36)24(34)30(3)14-17-6-8-26-9-7-17/h6-13,16H,14-15H2,1-5H3,(H,27,28,29). The maximum absolute atomic E-state index is 13.2. The highest BCUT2D eigenvalue weighted by atomic mass is 32.2. The smallest absolute Gasteiger partial charge is 0.254 e. The maximum atomic E-state index is 13.2. The van der Waals surface area contributed by atoms with E-state index < -0.39 is 9.84 Å². The Bertz CT molecular complexity index is 1440. The van der Waals surface area contributed by atoms with Gasteiger partial charge in [0, 0.05) is 56.6 Å². The van der Waals surface area contributed by atoms with Crippen LogP contribution in [0.3, 0.4) is 0 Å². The van der Waals surface area contributed by atoms with Gasteiger partial charge in [0.1, 0.15) is 5.69 Å². The number of sulfone groups is 1.